The average molecular weight is 375 g/mol. The van der Waals surface area contributed by atoms with Crippen LogP contribution in [0.4, 0.5) is 5.82 Å². The lowest BCUT2D eigenvalue weighted by Crippen LogP contribution is -2.40. The number of anilines is 1. The van der Waals surface area contributed by atoms with Gasteiger partial charge >= 0.3 is 5.97 Å². The summed E-state index contributed by atoms with van der Waals surface area (Å²) in [5, 5.41) is 12.5. The Morgan fingerprint density at radius 3 is 2.61 bits per heavy atom. The van der Waals surface area contributed by atoms with Crippen molar-refractivity contribution in [3.63, 3.8) is 0 Å². The predicted molar refractivity (Wildman–Crippen MR) is 85.4 cm³/mol. The summed E-state index contributed by atoms with van der Waals surface area (Å²) in [5.74, 6) is -1.43. The molecule has 2 N–H and O–H groups in total. The molecule has 5 atom stereocenters. The monoisotopic (exact) mass is 374 g/mol. The van der Waals surface area contributed by atoms with E-state index in [1.54, 1.807) is 18.3 Å². The molecule has 1 aromatic rings. The number of halogens is 1. The van der Waals surface area contributed by atoms with Gasteiger partial charge in [0, 0.05) is 16.1 Å². The molecule has 1 amide bonds. The lowest BCUT2D eigenvalue weighted by atomic mass is 9.70. The number of amides is 1. The van der Waals surface area contributed by atoms with Crippen LogP contribution in [0.25, 0.3) is 0 Å². The number of carbonyl (C=O) groups is 2. The number of rotatable bonds is 3. The van der Waals surface area contributed by atoms with E-state index in [9.17, 15) is 14.7 Å². The van der Waals surface area contributed by atoms with Gasteiger partial charge in [-0.25, -0.2) is 4.98 Å². The quantitative estimate of drug-likeness (QED) is 0.797. The first-order valence-electron chi connectivity index (χ1n) is 7.86. The van der Waals surface area contributed by atoms with Gasteiger partial charge in [-0.1, -0.05) is 12.2 Å². The van der Waals surface area contributed by atoms with E-state index in [0.717, 1.165) is 17.3 Å². The fraction of sp³-hybridized carbons (Fsp3) is 0.471. The summed E-state index contributed by atoms with van der Waals surface area (Å²) in [6, 6.07) is 3.51. The smallest absolute Gasteiger partial charge is 0.307 e. The number of carboxylic acids is 1. The average Bonchev–Trinajstić information content (AvgIpc) is 3.36. The largest absolute Gasteiger partial charge is 0.481 e. The first-order valence-corrected chi connectivity index (χ1v) is 8.65. The number of hydrogen-bond acceptors (Lipinski definition) is 3. The SMILES string of the molecule is O=C(Nc1ccc(Br)cn1)C1C(C(=O)O)C2C3(CC3)C23C=CC13. The molecule has 0 aliphatic heterocycles. The second-order valence-electron chi connectivity index (χ2n) is 7.19. The zero-order valence-corrected chi connectivity index (χ0v) is 13.8. The Balaban J connectivity index is 1.44. The number of nitrogens with zero attached hydrogens (tertiary/aromatic N) is 1. The van der Waals surface area contributed by atoms with Crippen molar-refractivity contribution < 1.29 is 14.7 Å². The highest BCUT2D eigenvalue weighted by molar-refractivity contribution is 9.10. The summed E-state index contributed by atoms with van der Waals surface area (Å²) >= 11 is 3.30. The van der Waals surface area contributed by atoms with Crippen molar-refractivity contribution in [3.8, 4) is 0 Å². The third kappa shape index (κ3) is 1.46. The Morgan fingerprint density at radius 1 is 1.30 bits per heavy atom. The van der Waals surface area contributed by atoms with E-state index in [-0.39, 0.29) is 28.6 Å². The van der Waals surface area contributed by atoms with Crippen molar-refractivity contribution in [1.82, 2.24) is 4.98 Å². The molecule has 4 aliphatic carbocycles. The van der Waals surface area contributed by atoms with Crippen LogP contribution in [0, 0.1) is 34.5 Å². The Labute approximate surface area is 141 Å². The van der Waals surface area contributed by atoms with Crippen molar-refractivity contribution in [2.75, 3.05) is 5.32 Å². The third-order valence-electron chi connectivity index (χ3n) is 6.51. The maximum absolute atomic E-state index is 12.7. The van der Waals surface area contributed by atoms with Gasteiger partial charge in [0.05, 0.1) is 11.8 Å². The summed E-state index contributed by atoms with van der Waals surface area (Å²) < 4.78 is 0.831. The van der Waals surface area contributed by atoms with E-state index >= 15 is 0 Å². The summed E-state index contributed by atoms with van der Waals surface area (Å²) in [4.78, 5) is 28.7. The van der Waals surface area contributed by atoms with Crippen LogP contribution in [-0.2, 0) is 9.59 Å². The molecule has 3 saturated carbocycles. The summed E-state index contributed by atoms with van der Waals surface area (Å²) in [6.07, 6.45) is 8.06. The standard InChI is InChI=1S/C17H15BrN2O3/c18-8-1-2-10(19-7-8)20-14(21)11-9-3-4-17(9)13(12(11)15(22)23)16(17)5-6-16/h1-4,7,9,11-13H,5-6H2,(H,22,23)(H,19,20,21). The van der Waals surface area contributed by atoms with Gasteiger partial charge < -0.3 is 10.4 Å². The molecule has 5 rings (SSSR count). The van der Waals surface area contributed by atoms with Crippen LogP contribution >= 0.6 is 15.9 Å². The maximum Gasteiger partial charge on any atom is 0.307 e. The molecule has 0 aromatic carbocycles. The molecule has 0 bridgehead atoms. The fourth-order valence-electron chi connectivity index (χ4n) is 5.56. The van der Waals surface area contributed by atoms with Crippen molar-refractivity contribution in [1.29, 1.82) is 0 Å². The molecule has 0 saturated heterocycles. The number of carbonyl (C=O) groups excluding carboxylic acids is 1. The minimum atomic E-state index is -0.835. The highest BCUT2D eigenvalue weighted by atomic mass is 79.9. The molecule has 5 unspecified atom stereocenters. The van der Waals surface area contributed by atoms with E-state index < -0.39 is 17.8 Å². The van der Waals surface area contributed by atoms with Crippen molar-refractivity contribution in [2.45, 2.75) is 12.8 Å². The molecule has 118 valence electrons. The minimum Gasteiger partial charge on any atom is -0.481 e. The van der Waals surface area contributed by atoms with Crippen LogP contribution in [0.1, 0.15) is 12.8 Å². The molecule has 2 spiro atoms. The normalized spacial score (nSPS) is 40.0. The van der Waals surface area contributed by atoms with Crippen LogP contribution < -0.4 is 5.32 Å². The number of fused-ring (bicyclic) bond motifs is 1. The second kappa shape index (κ2) is 4.04. The number of aliphatic carboxylic acids is 1. The van der Waals surface area contributed by atoms with Gasteiger partial charge in [0.25, 0.3) is 0 Å². The van der Waals surface area contributed by atoms with Gasteiger partial charge in [-0.2, -0.15) is 0 Å². The van der Waals surface area contributed by atoms with Gasteiger partial charge in [0.1, 0.15) is 5.82 Å². The van der Waals surface area contributed by atoms with Crippen molar-refractivity contribution in [2.24, 2.45) is 34.5 Å². The van der Waals surface area contributed by atoms with Crippen LogP contribution in [0.3, 0.4) is 0 Å². The van der Waals surface area contributed by atoms with E-state index in [1.165, 1.54) is 0 Å². The first-order chi connectivity index (χ1) is 11.0. The van der Waals surface area contributed by atoms with E-state index in [0.29, 0.717) is 5.82 Å². The van der Waals surface area contributed by atoms with Gasteiger partial charge in [0.15, 0.2) is 0 Å². The number of allylic oxidation sites excluding steroid dienone is 2. The number of carboxylic acid groups (broad SMARTS) is 1. The molecule has 6 heteroatoms. The maximum atomic E-state index is 12.7. The summed E-state index contributed by atoms with van der Waals surface area (Å²) in [6.45, 7) is 0. The highest BCUT2D eigenvalue weighted by Crippen LogP contribution is 2.94. The molecular formula is C17H15BrN2O3. The van der Waals surface area contributed by atoms with Gasteiger partial charge in [-0.15, -0.1) is 0 Å². The van der Waals surface area contributed by atoms with E-state index in [1.807, 2.05) is 6.08 Å². The van der Waals surface area contributed by atoms with Crippen LogP contribution in [0.15, 0.2) is 35.0 Å². The molecule has 1 heterocycles. The number of pyridine rings is 1. The topological polar surface area (TPSA) is 79.3 Å². The Bertz CT molecular complexity index is 771. The van der Waals surface area contributed by atoms with Crippen molar-refractivity contribution >= 4 is 33.6 Å². The summed E-state index contributed by atoms with van der Waals surface area (Å²) in [5.41, 5.74) is 0.216. The molecule has 23 heavy (non-hydrogen) atoms. The summed E-state index contributed by atoms with van der Waals surface area (Å²) in [7, 11) is 0. The molecule has 5 nitrogen and oxygen atoms in total. The molecule has 0 radical (unpaired) electrons. The van der Waals surface area contributed by atoms with Gasteiger partial charge in [0.2, 0.25) is 5.91 Å². The number of hydrogen-bond donors (Lipinski definition) is 2. The van der Waals surface area contributed by atoms with Crippen LogP contribution in [0.5, 0.6) is 0 Å². The zero-order chi connectivity index (χ0) is 16.0. The molecule has 4 aliphatic rings. The van der Waals surface area contributed by atoms with Crippen LogP contribution in [-0.4, -0.2) is 22.0 Å². The van der Waals surface area contributed by atoms with E-state index in [4.69, 9.17) is 0 Å². The Hall–Kier alpha value is -1.69. The Morgan fingerprint density at radius 2 is 2.09 bits per heavy atom. The lowest BCUT2D eigenvalue weighted by molar-refractivity contribution is -0.147. The second-order valence-corrected chi connectivity index (χ2v) is 8.11. The van der Waals surface area contributed by atoms with Crippen LogP contribution in [0.2, 0.25) is 0 Å². The molecule has 3 fully saturated rings. The number of aromatic nitrogens is 1. The van der Waals surface area contributed by atoms with E-state index in [2.05, 4.69) is 32.3 Å². The Kier molecular flexibility index (Phi) is 2.41. The molecular weight excluding hydrogens is 360 g/mol. The molecule has 1 aromatic heterocycles. The number of nitrogens with one attached hydrogen (secondary N) is 1. The van der Waals surface area contributed by atoms with Gasteiger partial charge in [-0.05, 0) is 58.2 Å². The lowest BCUT2D eigenvalue weighted by Gasteiger charge is -2.34. The van der Waals surface area contributed by atoms with Crippen molar-refractivity contribution in [3.05, 3.63) is 35.0 Å². The predicted octanol–water partition coefficient (Wildman–Crippen LogP) is 2.70. The minimum absolute atomic E-state index is 0.00517. The zero-order valence-electron chi connectivity index (χ0n) is 12.2. The fourth-order valence-corrected chi connectivity index (χ4v) is 5.79. The first kappa shape index (κ1) is 13.7. The van der Waals surface area contributed by atoms with Gasteiger partial charge in [-0.3, -0.25) is 9.59 Å². The highest BCUT2D eigenvalue weighted by Gasteiger charge is 2.92. The third-order valence-corrected chi connectivity index (χ3v) is 6.98.